The average Bonchev–Trinajstić information content (AvgIpc) is 3.05. The van der Waals surface area contributed by atoms with E-state index in [1.165, 1.54) is 20.5 Å². The van der Waals surface area contributed by atoms with E-state index >= 15 is 0 Å². The maximum Gasteiger partial charge on any atom is 0.255 e. The number of ether oxygens (including phenoxy) is 2. The summed E-state index contributed by atoms with van der Waals surface area (Å²) in [7, 11) is 2.96. The zero-order valence-electron chi connectivity index (χ0n) is 11.8. The molecule has 0 bridgehead atoms. The van der Waals surface area contributed by atoms with Crippen molar-refractivity contribution in [1.29, 1.82) is 0 Å². The third-order valence-corrected chi connectivity index (χ3v) is 2.98. The molecule has 1 aromatic heterocycles. The molecule has 2 rings (SSSR count). The number of hydrogen-bond donors (Lipinski definition) is 2. The van der Waals surface area contributed by atoms with Gasteiger partial charge in [0, 0.05) is 0 Å². The van der Waals surface area contributed by atoms with Gasteiger partial charge in [0.05, 0.1) is 32.6 Å². The quantitative estimate of drug-likeness (QED) is 0.847. The fourth-order valence-electron chi connectivity index (χ4n) is 1.93. The van der Waals surface area contributed by atoms with Crippen molar-refractivity contribution in [3.05, 3.63) is 47.9 Å². The topological polar surface area (TPSA) is 80.9 Å². The first-order valence-electron chi connectivity index (χ1n) is 6.38. The molecule has 6 nitrogen and oxygen atoms in total. The van der Waals surface area contributed by atoms with E-state index in [1.807, 2.05) is 0 Å². The summed E-state index contributed by atoms with van der Waals surface area (Å²) in [6, 6.07) is 8.33. The summed E-state index contributed by atoms with van der Waals surface area (Å²) >= 11 is 0. The molecular weight excluding hydrogens is 274 g/mol. The molecule has 0 aliphatic rings. The van der Waals surface area contributed by atoms with Crippen molar-refractivity contribution in [2.75, 3.05) is 20.8 Å². The Balaban J connectivity index is 2.07. The summed E-state index contributed by atoms with van der Waals surface area (Å²) < 4.78 is 15.4. The highest BCUT2D eigenvalue weighted by atomic mass is 16.5. The standard InChI is InChI=1S/C15H17NO5/c1-19-13-6-3-5-10(14(13)20-2)15(18)16-9-11(17)12-7-4-8-21-12/h3-8,11,17H,9H2,1-2H3,(H,16,18). The minimum Gasteiger partial charge on any atom is -0.493 e. The lowest BCUT2D eigenvalue weighted by molar-refractivity contribution is 0.0897. The van der Waals surface area contributed by atoms with E-state index in [0.29, 0.717) is 22.8 Å². The molecule has 0 spiro atoms. The van der Waals surface area contributed by atoms with Crippen LogP contribution in [0.5, 0.6) is 11.5 Å². The molecule has 21 heavy (non-hydrogen) atoms. The first-order valence-corrected chi connectivity index (χ1v) is 6.38. The number of aliphatic hydroxyl groups excluding tert-OH is 1. The summed E-state index contributed by atoms with van der Waals surface area (Å²) in [5, 5.41) is 12.5. The van der Waals surface area contributed by atoms with E-state index in [2.05, 4.69) is 5.32 Å². The van der Waals surface area contributed by atoms with Crippen LogP contribution in [-0.2, 0) is 0 Å². The molecule has 0 aliphatic heterocycles. The van der Waals surface area contributed by atoms with Crippen LogP contribution < -0.4 is 14.8 Å². The third kappa shape index (κ3) is 3.35. The van der Waals surface area contributed by atoms with Gasteiger partial charge in [-0.15, -0.1) is 0 Å². The van der Waals surface area contributed by atoms with Gasteiger partial charge in [-0.25, -0.2) is 0 Å². The van der Waals surface area contributed by atoms with E-state index in [1.54, 1.807) is 30.3 Å². The lowest BCUT2D eigenvalue weighted by Crippen LogP contribution is -2.28. The van der Waals surface area contributed by atoms with Gasteiger partial charge in [0.1, 0.15) is 11.9 Å². The summed E-state index contributed by atoms with van der Waals surface area (Å²) in [6.07, 6.45) is 0.561. The predicted molar refractivity (Wildman–Crippen MR) is 75.5 cm³/mol. The van der Waals surface area contributed by atoms with Crippen molar-refractivity contribution < 1.29 is 23.8 Å². The highest BCUT2D eigenvalue weighted by molar-refractivity contribution is 5.97. The second kappa shape index (κ2) is 6.81. The molecule has 0 radical (unpaired) electrons. The molecule has 1 amide bonds. The Labute approximate surface area is 122 Å². The normalized spacial score (nSPS) is 11.8. The molecule has 2 N–H and O–H groups in total. The number of furan rings is 1. The highest BCUT2D eigenvalue weighted by Crippen LogP contribution is 2.30. The molecule has 1 unspecified atom stereocenters. The summed E-state index contributed by atoms with van der Waals surface area (Å²) in [4.78, 5) is 12.2. The molecule has 0 aliphatic carbocycles. The Kier molecular flexibility index (Phi) is 4.84. The van der Waals surface area contributed by atoms with E-state index in [0.717, 1.165) is 0 Å². The minimum absolute atomic E-state index is 0.0344. The number of carbonyl (C=O) groups is 1. The summed E-state index contributed by atoms with van der Waals surface area (Å²) in [5.74, 6) is 0.853. The van der Waals surface area contributed by atoms with Gasteiger partial charge in [0.15, 0.2) is 11.5 Å². The van der Waals surface area contributed by atoms with Gasteiger partial charge in [-0.1, -0.05) is 6.07 Å². The van der Waals surface area contributed by atoms with Gasteiger partial charge in [0.25, 0.3) is 5.91 Å². The van der Waals surface area contributed by atoms with Crippen LogP contribution in [0.1, 0.15) is 22.2 Å². The first-order chi connectivity index (χ1) is 10.2. The van der Waals surface area contributed by atoms with Crippen LogP contribution in [0.25, 0.3) is 0 Å². The lowest BCUT2D eigenvalue weighted by Gasteiger charge is -2.13. The first kappa shape index (κ1) is 14.9. The maximum atomic E-state index is 12.2. The van der Waals surface area contributed by atoms with E-state index in [4.69, 9.17) is 13.9 Å². The number of nitrogens with one attached hydrogen (secondary N) is 1. The number of carbonyl (C=O) groups excluding carboxylic acids is 1. The summed E-state index contributed by atoms with van der Waals surface area (Å²) in [6.45, 7) is 0.0344. The van der Waals surface area contributed by atoms with Gasteiger partial charge in [0.2, 0.25) is 0 Å². The predicted octanol–water partition coefficient (Wildman–Crippen LogP) is 1.76. The fourth-order valence-corrected chi connectivity index (χ4v) is 1.93. The summed E-state index contributed by atoms with van der Waals surface area (Å²) in [5.41, 5.74) is 0.337. The fraction of sp³-hybridized carbons (Fsp3) is 0.267. The molecule has 2 aromatic rings. The lowest BCUT2D eigenvalue weighted by atomic mass is 10.1. The molecule has 0 saturated carbocycles. The SMILES string of the molecule is COc1cccc(C(=O)NCC(O)c2ccco2)c1OC. The average molecular weight is 291 g/mol. The molecular formula is C15H17NO5. The smallest absolute Gasteiger partial charge is 0.255 e. The zero-order chi connectivity index (χ0) is 15.2. The number of hydrogen-bond acceptors (Lipinski definition) is 5. The number of benzene rings is 1. The van der Waals surface area contributed by atoms with Crippen LogP contribution in [0.4, 0.5) is 0 Å². The zero-order valence-corrected chi connectivity index (χ0v) is 11.8. The molecule has 1 atom stereocenters. The van der Waals surface area contributed by atoms with Crippen LogP contribution in [0.2, 0.25) is 0 Å². The van der Waals surface area contributed by atoms with E-state index in [9.17, 15) is 9.90 Å². The third-order valence-electron chi connectivity index (χ3n) is 2.98. The van der Waals surface area contributed by atoms with Gasteiger partial charge in [-0.2, -0.15) is 0 Å². The number of aliphatic hydroxyl groups is 1. The molecule has 0 saturated heterocycles. The van der Waals surface area contributed by atoms with Gasteiger partial charge < -0.3 is 24.3 Å². The minimum atomic E-state index is -0.902. The van der Waals surface area contributed by atoms with E-state index < -0.39 is 6.10 Å². The highest BCUT2D eigenvalue weighted by Gasteiger charge is 2.18. The van der Waals surface area contributed by atoms with Crippen molar-refractivity contribution in [3.63, 3.8) is 0 Å². The van der Waals surface area contributed by atoms with Crippen molar-refractivity contribution in [3.8, 4) is 11.5 Å². The molecule has 1 aromatic carbocycles. The van der Waals surface area contributed by atoms with Crippen molar-refractivity contribution >= 4 is 5.91 Å². The molecule has 1 heterocycles. The van der Waals surface area contributed by atoms with Gasteiger partial charge in [-0.05, 0) is 24.3 Å². The number of methoxy groups -OCH3 is 2. The second-order valence-electron chi connectivity index (χ2n) is 4.28. The Morgan fingerprint density at radius 3 is 2.71 bits per heavy atom. The van der Waals surface area contributed by atoms with Crippen LogP contribution >= 0.6 is 0 Å². The van der Waals surface area contributed by atoms with Crippen LogP contribution in [-0.4, -0.2) is 31.8 Å². The Morgan fingerprint density at radius 1 is 1.29 bits per heavy atom. The maximum absolute atomic E-state index is 12.2. The van der Waals surface area contributed by atoms with E-state index in [-0.39, 0.29) is 12.5 Å². The van der Waals surface area contributed by atoms with Gasteiger partial charge >= 0.3 is 0 Å². The van der Waals surface area contributed by atoms with Crippen molar-refractivity contribution in [2.45, 2.75) is 6.10 Å². The Morgan fingerprint density at radius 2 is 2.10 bits per heavy atom. The monoisotopic (exact) mass is 291 g/mol. The molecule has 6 heteroatoms. The van der Waals surface area contributed by atoms with Crippen LogP contribution in [0.3, 0.4) is 0 Å². The Bertz CT molecular complexity index is 594. The largest absolute Gasteiger partial charge is 0.493 e. The molecule has 0 fully saturated rings. The van der Waals surface area contributed by atoms with Gasteiger partial charge in [-0.3, -0.25) is 4.79 Å². The van der Waals surface area contributed by atoms with Crippen LogP contribution in [0, 0.1) is 0 Å². The van der Waals surface area contributed by atoms with Crippen molar-refractivity contribution in [1.82, 2.24) is 5.32 Å². The van der Waals surface area contributed by atoms with Crippen molar-refractivity contribution in [2.24, 2.45) is 0 Å². The van der Waals surface area contributed by atoms with Crippen LogP contribution in [0.15, 0.2) is 41.0 Å². The molecule has 112 valence electrons. The number of para-hydroxylation sites is 1. The number of amides is 1. The number of rotatable bonds is 6. The second-order valence-corrected chi connectivity index (χ2v) is 4.28. The Hall–Kier alpha value is -2.47.